The maximum atomic E-state index is 10.6. The van der Waals surface area contributed by atoms with E-state index in [-0.39, 0.29) is 6.10 Å². The molecule has 1 aromatic rings. The minimum absolute atomic E-state index is 0.303. The van der Waals surface area contributed by atoms with Crippen LogP contribution in [-0.2, 0) is 0 Å². The zero-order valence-electron chi connectivity index (χ0n) is 13.1. The smallest absolute Gasteiger partial charge is 0.119 e. The second kappa shape index (κ2) is 6.83. The monoisotopic (exact) mass is 288 g/mol. The van der Waals surface area contributed by atoms with E-state index in [2.05, 4.69) is 6.92 Å². The van der Waals surface area contributed by atoms with Crippen LogP contribution in [0.15, 0.2) is 24.3 Å². The van der Waals surface area contributed by atoms with E-state index in [1.807, 2.05) is 24.3 Å². The molecule has 2 aliphatic rings. The Morgan fingerprint density at radius 3 is 2.29 bits per heavy atom. The fourth-order valence-electron chi connectivity index (χ4n) is 3.59. The van der Waals surface area contributed by atoms with E-state index in [1.54, 1.807) is 0 Å². The molecule has 0 spiro atoms. The maximum absolute atomic E-state index is 10.6. The Labute approximate surface area is 128 Å². The molecule has 0 amide bonds. The molecular formula is C19H28O2. The highest BCUT2D eigenvalue weighted by Gasteiger charge is 2.27. The average Bonchev–Trinajstić information content (AvgIpc) is 3.32. The van der Waals surface area contributed by atoms with E-state index in [0.29, 0.717) is 12.0 Å². The number of benzene rings is 1. The van der Waals surface area contributed by atoms with Crippen LogP contribution in [0.4, 0.5) is 0 Å². The summed E-state index contributed by atoms with van der Waals surface area (Å²) in [5, 5.41) is 10.6. The Balaban J connectivity index is 1.53. The van der Waals surface area contributed by atoms with Gasteiger partial charge in [0.1, 0.15) is 5.75 Å². The lowest BCUT2D eigenvalue weighted by Crippen LogP contribution is -2.20. The molecule has 1 aromatic carbocycles. The van der Waals surface area contributed by atoms with Crippen molar-refractivity contribution in [2.24, 2.45) is 11.8 Å². The van der Waals surface area contributed by atoms with Crippen LogP contribution in [0.5, 0.6) is 5.75 Å². The van der Waals surface area contributed by atoms with E-state index < -0.39 is 0 Å². The molecule has 2 aliphatic carbocycles. The summed E-state index contributed by atoms with van der Waals surface area (Å²) in [5.41, 5.74) is 1.05. The van der Waals surface area contributed by atoms with Gasteiger partial charge in [0.25, 0.3) is 0 Å². The van der Waals surface area contributed by atoms with Crippen molar-refractivity contribution in [2.75, 3.05) is 0 Å². The molecule has 0 saturated heterocycles. The van der Waals surface area contributed by atoms with E-state index in [1.165, 1.54) is 51.4 Å². The summed E-state index contributed by atoms with van der Waals surface area (Å²) < 4.78 is 5.76. The van der Waals surface area contributed by atoms with Gasteiger partial charge in [0, 0.05) is 0 Å². The number of aliphatic hydroxyl groups excluding tert-OH is 1. The minimum Gasteiger partial charge on any atom is -0.490 e. The summed E-state index contributed by atoms with van der Waals surface area (Å²) in [4.78, 5) is 0. The largest absolute Gasteiger partial charge is 0.490 e. The Morgan fingerprint density at radius 2 is 1.71 bits per heavy atom. The third-order valence-corrected chi connectivity index (χ3v) is 5.08. The Morgan fingerprint density at radius 1 is 1.05 bits per heavy atom. The molecule has 2 nitrogen and oxygen atoms in total. The SMILES string of the molecule is CCCC1CCC(C(O)c2ccc(OC3CC3)cc2)CC1. The predicted molar refractivity (Wildman–Crippen MR) is 85.4 cm³/mol. The number of rotatable bonds is 6. The molecule has 2 fully saturated rings. The minimum atomic E-state index is -0.303. The first-order chi connectivity index (χ1) is 10.3. The third-order valence-electron chi connectivity index (χ3n) is 5.08. The van der Waals surface area contributed by atoms with Crippen molar-refractivity contribution in [2.45, 2.75) is 70.5 Å². The van der Waals surface area contributed by atoms with Crippen molar-refractivity contribution in [1.82, 2.24) is 0 Å². The van der Waals surface area contributed by atoms with Gasteiger partial charge in [0.2, 0.25) is 0 Å². The number of hydrogen-bond acceptors (Lipinski definition) is 2. The van der Waals surface area contributed by atoms with Gasteiger partial charge < -0.3 is 9.84 Å². The van der Waals surface area contributed by atoms with Gasteiger partial charge in [0.15, 0.2) is 0 Å². The summed E-state index contributed by atoms with van der Waals surface area (Å²) in [6.07, 6.45) is 10.1. The van der Waals surface area contributed by atoms with E-state index in [9.17, 15) is 5.11 Å². The molecule has 0 aromatic heterocycles. The van der Waals surface area contributed by atoms with E-state index in [0.717, 1.165) is 17.2 Å². The van der Waals surface area contributed by atoms with Crippen LogP contribution in [0.1, 0.15) is 70.0 Å². The van der Waals surface area contributed by atoms with Crippen molar-refractivity contribution < 1.29 is 9.84 Å². The molecular weight excluding hydrogens is 260 g/mol. The second-order valence-electron chi connectivity index (χ2n) is 6.90. The predicted octanol–water partition coefficient (Wildman–Crippen LogP) is 4.87. The lowest BCUT2D eigenvalue weighted by Gasteiger charge is -2.31. The van der Waals surface area contributed by atoms with Gasteiger partial charge in [-0.15, -0.1) is 0 Å². The quantitative estimate of drug-likeness (QED) is 0.809. The van der Waals surface area contributed by atoms with Crippen LogP contribution in [0.25, 0.3) is 0 Å². The average molecular weight is 288 g/mol. The van der Waals surface area contributed by atoms with Crippen molar-refractivity contribution >= 4 is 0 Å². The molecule has 21 heavy (non-hydrogen) atoms. The van der Waals surface area contributed by atoms with E-state index in [4.69, 9.17) is 4.74 Å². The fraction of sp³-hybridized carbons (Fsp3) is 0.684. The third kappa shape index (κ3) is 4.00. The normalized spacial score (nSPS) is 27.3. The molecule has 0 bridgehead atoms. The molecule has 2 saturated carbocycles. The van der Waals surface area contributed by atoms with Crippen LogP contribution in [0, 0.1) is 11.8 Å². The van der Waals surface area contributed by atoms with Crippen LogP contribution in [0.3, 0.4) is 0 Å². The Kier molecular flexibility index (Phi) is 4.84. The topological polar surface area (TPSA) is 29.5 Å². The number of hydrogen-bond donors (Lipinski definition) is 1. The molecule has 2 heteroatoms. The first-order valence-electron chi connectivity index (χ1n) is 8.71. The summed E-state index contributed by atoms with van der Waals surface area (Å²) in [5.74, 6) is 2.28. The van der Waals surface area contributed by atoms with E-state index >= 15 is 0 Å². The van der Waals surface area contributed by atoms with Crippen LogP contribution in [0.2, 0.25) is 0 Å². The van der Waals surface area contributed by atoms with Crippen molar-refractivity contribution in [3.8, 4) is 5.75 Å². The molecule has 0 radical (unpaired) electrons. The maximum Gasteiger partial charge on any atom is 0.119 e. The molecule has 1 unspecified atom stereocenters. The van der Waals surface area contributed by atoms with Gasteiger partial charge in [-0.1, -0.05) is 44.7 Å². The van der Waals surface area contributed by atoms with Crippen molar-refractivity contribution in [3.63, 3.8) is 0 Å². The summed E-state index contributed by atoms with van der Waals surface area (Å²) in [7, 11) is 0. The van der Waals surface area contributed by atoms with Crippen molar-refractivity contribution in [3.05, 3.63) is 29.8 Å². The van der Waals surface area contributed by atoms with Crippen LogP contribution < -0.4 is 4.74 Å². The molecule has 116 valence electrons. The van der Waals surface area contributed by atoms with Gasteiger partial charge in [-0.2, -0.15) is 0 Å². The zero-order valence-corrected chi connectivity index (χ0v) is 13.1. The zero-order chi connectivity index (χ0) is 14.7. The molecule has 3 rings (SSSR count). The summed E-state index contributed by atoms with van der Waals surface area (Å²) >= 11 is 0. The van der Waals surface area contributed by atoms with Crippen LogP contribution in [-0.4, -0.2) is 11.2 Å². The second-order valence-corrected chi connectivity index (χ2v) is 6.90. The van der Waals surface area contributed by atoms with Gasteiger partial charge >= 0.3 is 0 Å². The number of aliphatic hydroxyl groups is 1. The lowest BCUT2D eigenvalue weighted by molar-refractivity contribution is 0.0722. The lowest BCUT2D eigenvalue weighted by atomic mass is 9.76. The van der Waals surface area contributed by atoms with Crippen LogP contribution >= 0.6 is 0 Å². The number of ether oxygens (including phenoxy) is 1. The first-order valence-corrected chi connectivity index (χ1v) is 8.71. The molecule has 1 atom stereocenters. The summed E-state index contributed by atoms with van der Waals surface area (Å²) in [6, 6.07) is 8.11. The Hall–Kier alpha value is -1.02. The Bertz CT molecular complexity index is 427. The van der Waals surface area contributed by atoms with Gasteiger partial charge in [-0.3, -0.25) is 0 Å². The van der Waals surface area contributed by atoms with Crippen molar-refractivity contribution in [1.29, 1.82) is 0 Å². The molecule has 0 aliphatic heterocycles. The van der Waals surface area contributed by atoms with Gasteiger partial charge in [0.05, 0.1) is 12.2 Å². The first kappa shape index (κ1) is 14.9. The fourth-order valence-corrected chi connectivity index (χ4v) is 3.59. The summed E-state index contributed by atoms with van der Waals surface area (Å²) in [6.45, 7) is 2.27. The highest BCUT2D eigenvalue weighted by atomic mass is 16.5. The standard InChI is InChI=1S/C19H28O2/c1-2-3-14-4-6-15(7-5-14)19(20)16-8-10-17(11-9-16)21-18-12-13-18/h8-11,14-15,18-20H,2-7,12-13H2,1H3. The molecule has 1 N–H and O–H groups in total. The molecule has 0 heterocycles. The highest BCUT2D eigenvalue weighted by molar-refractivity contribution is 5.29. The van der Waals surface area contributed by atoms with Gasteiger partial charge in [-0.25, -0.2) is 0 Å². The van der Waals surface area contributed by atoms with Gasteiger partial charge in [-0.05, 0) is 55.2 Å². The highest BCUT2D eigenvalue weighted by Crippen LogP contribution is 2.38.